The Morgan fingerprint density at radius 1 is 1.24 bits per heavy atom. The third kappa shape index (κ3) is 3.87. The molecule has 2 rings (SSSR count). The van der Waals surface area contributed by atoms with Gasteiger partial charge in [-0.15, -0.1) is 0 Å². The molecular formula is C15H18F2O3S. The quantitative estimate of drug-likeness (QED) is 0.802. The van der Waals surface area contributed by atoms with Crippen molar-refractivity contribution in [3.05, 3.63) is 35.4 Å². The number of sulfone groups is 1. The summed E-state index contributed by atoms with van der Waals surface area (Å²) in [6.45, 7) is 2.00. The van der Waals surface area contributed by atoms with Crippen molar-refractivity contribution in [2.45, 2.75) is 37.9 Å². The van der Waals surface area contributed by atoms with Crippen molar-refractivity contribution >= 4 is 15.6 Å². The van der Waals surface area contributed by atoms with E-state index in [4.69, 9.17) is 0 Å². The Morgan fingerprint density at radius 2 is 1.95 bits per heavy atom. The monoisotopic (exact) mass is 316 g/mol. The molecule has 21 heavy (non-hydrogen) atoms. The number of hydrogen-bond acceptors (Lipinski definition) is 3. The molecule has 0 amide bonds. The standard InChI is InChI=1S/C15H18F2O3S/c1-10-3-2-4-12(7-10)21(19,20)9-15(18)11-5-6-13(16)14(17)8-11/h5-6,8,10,12H,2-4,7,9H2,1H3. The van der Waals surface area contributed by atoms with Crippen LogP contribution in [0.3, 0.4) is 0 Å². The van der Waals surface area contributed by atoms with Crippen molar-refractivity contribution in [1.29, 1.82) is 0 Å². The molecule has 2 unspecified atom stereocenters. The first-order valence-electron chi connectivity index (χ1n) is 6.99. The van der Waals surface area contributed by atoms with E-state index in [1.807, 2.05) is 6.92 Å². The molecule has 1 aromatic rings. The average molecular weight is 316 g/mol. The maximum absolute atomic E-state index is 13.1. The molecule has 0 radical (unpaired) electrons. The zero-order valence-electron chi connectivity index (χ0n) is 11.8. The number of carbonyl (C=O) groups excluding carboxylic acids is 1. The summed E-state index contributed by atoms with van der Waals surface area (Å²) in [6.07, 6.45) is 2.97. The number of benzene rings is 1. The summed E-state index contributed by atoms with van der Waals surface area (Å²) in [5.74, 6) is -3.21. The Balaban J connectivity index is 2.12. The first-order valence-corrected chi connectivity index (χ1v) is 8.71. The van der Waals surface area contributed by atoms with Crippen LogP contribution in [0, 0.1) is 17.6 Å². The van der Waals surface area contributed by atoms with E-state index in [0.29, 0.717) is 18.8 Å². The van der Waals surface area contributed by atoms with E-state index in [9.17, 15) is 22.0 Å². The minimum Gasteiger partial charge on any atom is -0.293 e. The molecule has 1 aromatic carbocycles. The number of rotatable bonds is 4. The molecule has 0 N–H and O–H groups in total. The second-order valence-electron chi connectivity index (χ2n) is 5.75. The van der Waals surface area contributed by atoms with Crippen molar-refractivity contribution in [3.63, 3.8) is 0 Å². The topological polar surface area (TPSA) is 51.2 Å². The van der Waals surface area contributed by atoms with Crippen LogP contribution >= 0.6 is 0 Å². The smallest absolute Gasteiger partial charge is 0.177 e. The summed E-state index contributed by atoms with van der Waals surface area (Å²) >= 11 is 0. The lowest BCUT2D eigenvalue weighted by Crippen LogP contribution is -2.32. The lowest BCUT2D eigenvalue weighted by Gasteiger charge is -2.26. The molecule has 116 valence electrons. The van der Waals surface area contributed by atoms with Gasteiger partial charge in [0.25, 0.3) is 0 Å². The van der Waals surface area contributed by atoms with Gasteiger partial charge in [-0.25, -0.2) is 17.2 Å². The highest BCUT2D eigenvalue weighted by molar-refractivity contribution is 7.92. The highest BCUT2D eigenvalue weighted by atomic mass is 32.2. The molecule has 1 fully saturated rings. The predicted molar refractivity (Wildman–Crippen MR) is 75.9 cm³/mol. The van der Waals surface area contributed by atoms with Gasteiger partial charge in [-0.1, -0.05) is 19.8 Å². The van der Waals surface area contributed by atoms with E-state index < -0.39 is 38.3 Å². The molecular weight excluding hydrogens is 298 g/mol. The van der Waals surface area contributed by atoms with Crippen LogP contribution in [0.25, 0.3) is 0 Å². The van der Waals surface area contributed by atoms with E-state index in [1.165, 1.54) is 0 Å². The molecule has 3 nitrogen and oxygen atoms in total. The maximum atomic E-state index is 13.1. The van der Waals surface area contributed by atoms with Crippen LogP contribution in [-0.4, -0.2) is 25.2 Å². The van der Waals surface area contributed by atoms with E-state index >= 15 is 0 Å². The Hall–Kier alpha value is -1.30. The SMILES string of the molecule is CC1CCCC(S(=O)(=O)CC(=O)c2ccc(F)c(F)c2)C1. The predicted octanol–water partition coefficient (Wildman–Crippen LogP) is 3.14. The summed E-state index contributed by atoms with van der Waals surface area (Å²) in [5.41, 5.74) is -0.110. The second kappa shape index (κ2) is 6.22. The molecule has 0 saturated heterocycles. The summed E-state index contributed by atoms with van der Waals surface area (Å²) in [7, 11) is -3.55. The fourth-order valence-electron chi connectivity index (χ4n) is 2.76. The second-order valence-corrected chi connectivity index (χ2v) is 8.03. The Morgan fingerprint density at radius 3 is 2.57 bits per heavy atom. The van der Waals surface area contributed by atoms with Crippen LogP contribution in [0.15, 0.2) is 18.2 Å². The zero-order valence-corrected chi connectivity index (χ0v) is 12.6. The van der Waals surface area contributed by atoms with Gasteiger partial charge < -0.3 is 0 Å². The van der Waals surface area contributed by atoms with Crippen molar-refractivity contribution in [2.75, 3.05) is 5.75 Å². The Kier molecular flexibility index (Phi) is 4.76. The normalized spacial score (nSPS) is 23.0. The fourth-order valence-corrected chi connectivity index (χ4v) is 4.67. The van der Waals surface area contributed by atoms with Gasteiger partial charge in [0.05, 0.1) is 5.25 Å². The van der Waals surface area contributed by atoms with Gasteiger partial charge in [0, 0.05) is 5.56 Å². The van der Waals surface area contributed by atoms with Crippen LogP contribution in [0.1, 0.15) is 43.0 Å². The van der Waals surface area contributed by atoms with Crippen molar-refractivity contribution in [3.8, 4) is 0 Å². The van der Waals surface area contributed by atoms with E-state index in [-0.39, 0.29) is 5.56 Å². The van der Waals surface area contributed by atoms with Crippen LogP contribution in [0.4, 0.5) is 8.78 Å². The summed E-state index contributed by atoms with van der Waals surface area (Å²) in [5, 5.41) is -0.504. The highest BCUT2D eigenvalue weighted by Gasteiger charge is 2.32. The molecule has 1 aliphatic carbocycles. The molecule has 0 bridgehead atoms. The lowest BCUT2D eigenvalue weighted by molar-refractivity contribution is 0.102. The van der Waals surface area contributed by atoms with E-state index in [0.717, 1.165) is 31.0 Å². The van der Waals surface area contributed by atoms with Crippen molar-refractivity contribution in [2.24, 2.45) is 5.92 Å². The van der Waals surface area contributed by atoms with Crippen LogP contribution in [-0.2, 0) is 9.84 Å². The van der Waals surface area contributed by atoms with Crippen LogP contribution in [0.5, 0.6) is 0 Å². The third-order valence-corrected chi connectivity index (χ3v) is 6.08. The first-order chi connectivity index (χ1) is 9.79. The number of carbonyl (C=O) groups is 1. The highest BCUT2D eigenvalue weighted by Crippen LogP contribution is 2.29. The summed E-state index contributed by atoms with van der Waals surface area (Å²) in [4.78, 5) is 12.0. The van der Waals surface area contributed by atoms with Gasteiger partial charge in [-0.05, 0) is 37.0 Å². The number of ketones is 1. The molecule has 1 aliphatic rings. The van der Waals surface area contributed by atoms with Gasteiger partial charge in [-0.2, -0.15) is 0 Å². The summed E-state index contributed by atoms with van der Waals surface area (Å²) in [6, 6.07) is 2.69. The summed E-state index contributed by atoms with van der Waals surface area (Å²) < 4.78 is 50.5. The largest absolute Gasteiger partial charge is 0.293 e. The lowest BCUT2D eigenvalue weighted by atomic mass is 9.91. The molecule has 0 aromatic heterocycles. The number of hydrogen-bond donors (Lipinski definition) is 0. The molecule has 1 saturated carbocycles. The third-order valence-electron chi connectivity index (χ3n) is 3.97. The first kappa shape index (κ1) is 16.1. The van der Waals surface area contributed by atoms with Crippen molar-refractivity contribution < 1.29 is 22.0 Å². The van der Waals surface area contributed by atoms with Gasteiger partial charge in [-0.3, -0.25) is 4.79 Å². The number of halogens is 2. The minimum atomic E-state index is -3.55. The number of Topliss-reactive ketones (excluding diaryl/α,β-unsaturated/α-hetero) is 1. The molecule has 0 heterocycles. The van der Waals surface area contributed by atoms with E-state index in [2.05, 4.69) is 0 Å². The molecule has 0 spiro atoms. The average Bonchev–Trinajstić information content (AvgIpc) is 2.41. The van der Waals surface area contributed by atoms with Crippen molar-refractivity contribution in [1.82, 2.24) is 0 Å². The molecule has 6 heteroatoms. The Bertz CT molecular complexity index is 640. The minimum absolute atomic E-state index is 0.110. The maximum Gasteiger partial charge on any atom is 0.177 e. The van der Waals surface area contributed by atoms with Gasteiger partial charge >= 0.3 is 0 Å². The van der Waals surface area contributed by atoms with Gasteiger partial charge in [0.15, 0.2) is 27.3 Å². The van der Waals surface area contributed by atoms with Gasteiger partial charge in [0.2, 0.25) is 0 Å². The van der Waals surface area contributed by atoms with Gasteiger partial charge in [0.1, 0.15) is 5.75 Å². The van der Waals surface area contributed by atoms with Crippen LogP contribution in [0.2, 0.25) is 0 Å². The zero-order chi connectivity index (χ0) is 15.6. The van der Waals surface area contributed by atoms with Crippen LogP contribution < -0.4 is 0 Å². The Labute approximate surface area is 123 Å². The molecule has 2 atom stereocenters. The van der Waals surface area contributed by atoms with E-state index in [1.54, 1.807) is 0 Å². The molecule has 0 aliphatic heterocycles. The fraction of sp³-hybridized carbons (Fsp3) is 0.533.